The second-order valence-corrected chi connectivity index (χ2v) is 4.87. The predicted molar refractivity (Wildman–Crippen MR) is 69.3 cm³/mol. The topological polar surface area (TPSA) is 41.1 Å². The Kier molecular flexibility index (Phi) is 7.90. The van der Waals surface area contributed by atoms with E-state index in [2.05, 4.69) is 44.9 Å². The Morgan fingerprint density at radius 2 is 1.94 bits per heavy atom. The number of carbonyl (C=O) groups excluding carboxylic acids is 1. The monoisotopic (exact) mass is 226 g/mol. The molecule has 0 aliphatic rings. The zero-order valence-corrected chi connectivity index (χ0v) is 11.0. The van der Waals surface area contributed by atoms with E-state index in [1.54, 1.807) is 0 Å². The molecule has 0 aliphatic heterocycles. The van der Waals surface area contributed by atoms with Crippen molar-refractivity contribution >= 4 is 5.91 Å². The van der Waals surface area contributed by atoms with Crippen molar-refractivity contribution in [2.75, 3.05) is 13.1 Å². The molecule has 1 amide bonds. The number of nitrogens with one attached hydrogen (secondary N) is 2. The molecule has 16 heavy (non-hydrogen) atoms. The van der Waals surface area contributed by atoms with Crippen LogP contribution < -0.4 is 10.6 Å². The predicted octanol–water partition coefficient (Wildman–Crippen LogP) is 1.95. The van der Waals surface area contributed by atoms with Crippen LogP contribution in [0.25, 0.3) is 0 Å². The molecule has 0 radical (unpaired) electrons. The molecule has 0 bridgehead atoms. The van der Waals surface area contributed by atoms with Crippen LogP contribution in [-0.2, 0) is 4.79 Å². The van der Waals surface area contributed by atoms with Crippen molar-refractivity contribution < 1.29 is 4.79 Å². The first kappa shape index (κ1) is 15.2. The van der Waals surface area contributed by atoms with Crippen LogP contribution in [0.2, 0.25) is 0 Å². The Hall–Kier alpha value is -0.830. The smallest absolute Gasteiger partial charge is 0.233 e. The van der Waals surface area contributed by atoms with Gasteiger partial charge in [-0.25, -0.2) is 0 Å². The van der Waals surface area contributed by atoms with Gasteiger partial charge in [-0.05, 0) is 25.2 Å². The molecule has 0 fully saturated rings. The number of allylic oxidation sites excluding steroid dienone is 1. The average Bonchev–Trinajstić information content (AvgIpc) is 2.23. The van der Waals surface area contributed by atoms with E-state index < -0.39 is 0 Å². The highest BCUT2D eigenvalue weighted by molar-refractivity contribution is 5.77. The second-order valence-electron chi connectivity index (χ2n) is 4.87. The van der Waals surface area contributed by atoms with E-state index in [1.807, 2.05) is 6.08 Å². The highest BCUT2D eigenvalue weighted by Gasteiger charge is 2.11. The molecule has 0 aromatic heterocycles. The lowest BCUT2D eigenvalue weighted by Gasteiger charge is -2.20. The molecule has 2 N–H and O–H groups in total. The summed E-state index contributed by atoms with van der Waals surface area (Å²) in [6, 6.07) is 0.336. The second kappa shape index (κ2) is 8.34. The maximum atomic E-state index is 11.4. The van der Waals surface area contributed by atoms with Crippen molar-refractivity contribution in [3.05, 3.63) is 12.7 Å². The minimum atomic E-state index is 0.0753. The molecular formula is C13H26N2O. The minimum absolute atomic E-state index is 0.0753. The highest BCUT2D eigenvalue weighted by atomic mass is 16.1. The van der Waals surface area contributed by atoms with Gasteiger partial charge in [0.15, 0.2) is 0 Å². The fraction of sp³-hybridized carbons (Fsp3) is 0.769. The first-order valence-electron chi connectivity index (χ1n) is 6.08. The van der Waals surface area contributed by atoms with Crippen molar-refractivity contribution in [2.45, 2.75) is 40.2 Å². The van der Waals surface area contributed by atoms with E-state index in [0.29, 0.717) is 24.4 Å². The van der Waals surface area contributed by atoms with Gasteiger partial charge in [0, 0.05) is 12.6 Å². The van der Waals surface area contributed by atoms with Crippen molar-refractivity contribution in [2.24, 2.45) is 11.8 Å². The summed E-state index contributed by atoms with van der Waals surface area (Å²) in [6.07, 6.45) is 2.89. The van der Waals surface area contributed by atoms with Gasteiger partial charge in [0.2, 0.25) is 5.91 Å². The Bertz CT molecular complexity index is 214. The highest BCUT2D eigenvalue weighted by Crippen LogP contribution is 2.07. The minimum Gasteiger partial charge on any atom is -0.355 e. The Balaban J connectivity index is 3.69. The normalized spacial score (nSPS) is 14.6. The van der Waals surface area contributed by atoms with E-state index in [-0.39, 0.29) is 5.91 Å². The molecule has 0 saturated heterocycles. The number of carbonyl (C=O) groups is 1. The van der Waals surface area contributed by atoms with Crippen LogP contribution in [0.5, 0.6) is 0 Å². The van der Waals surface area contributed by atoms with Crippen molar-refractivity contribution in [1.82, 2.24) is 10.6 Å². The molecule has 0 saturated carbocycles. The Morgan fingerprint density at radius 1 is 1.31 bits per heavy atom. The van der Waals surface area contributed by atoms with Gasteiger partial charge in [-0.1, -0.05) is 26.8 Å². The summed E-state index contributed by atoms with van der Waals surface area (Å²) in [5.41, 5.74) is 0. The van der Waals surface area contributed by atoms with Crippen molar-refractivity contribution in [1.29, 1.82) is 0 Å². The van der Waals surface area contributed by atoms with Gasteiger partial charge in [0.25, 0.3) is 0 Å². The number of hydrogen-bond donors (Lipinski definition) is 2. The van der Waals surface area contributed by atoms with Gasteiger partial charge in [0.1, 0.15) is 0 Å². The van der Waals surface area contributed by atoms with Gasteiger partial charge in [-0.15, -0.1) is 6.58 Å². The molecule has 0 heterocycles. The SMILES string of the molecule is C=CC[C@H](C)[C@H](C)NCC(=O)NCC(C)C. The van der Waals surface area contributed by atoms with Crippen LogP contribution in [0, 0.1) is 11.8 Å². The lowest BCUT2D eigenvalue weighted by Crippen LogP contribution is -2.41. The van der Waals surface area contributed by atoms with Gasteiger partial charge in [0.05, 0.1) is 6.54 Å². The lowest BCUT2D eigenvalue weighted by atomic mass is 10.00. The number of amides is 1. The summed E-state index contributed by atoms with van der Waals surface area (Å²) < 4.78 is 0. The number of rotatable bonds is 8. The van der Waals surface area contributed by atoms with Gasteiger partial charge in [-0.2, -0.15) is 0 Å². The quantitative estimate of drug-likeness (QED) is 0.621. The molecule has 0 rings (SSSR count). The third-order valence-corrected chi connectivity index (χ3v) is 2.68. The molecule has 0 unspecified atom stereocenters. The van der Waals surface area contributed by atoms with E-state index in [4.69, 9.17) is 0 Å². The molecule has 2 atom stereocenters. The molecule has 0 aromatic rings. The molecule has 0 aliphatic carbocycles. The van der Waals surface area contributed by atoms with Crippen molar-refractivity contribution in [3.8, 4) is 0 Å². The molecule has 3 heteroatoms. The maximum absolute atomic E-state index is 11.4. The fourth-order valence-corrected chi connectivity index (χ4v) is 1.30. The number of hydrogen-bond acceptors (Lipinski definition) is 2. The molecule has 0 spiro atoms. The third-order valence-electron chi connectivity index (χ3n) is 2.68. The fourth-order valence-electron chi connectivity index (χ4n) is 1.30. The van der Waals surface area contributed by atoms with Crippen LogP contribution in [0.3, 0.4) is 0 Å². The third kappa shape index (κ3) is 7.46. The first-order valence-corrected chi connectivity index (χ1v) is 6.08. The lowest BCUT2D eigenvalue weighted by molar-refractivity contribution is -0.120. The largest absolute Gasteiger partial charge is 0.355 e. The van der Waals surface area contributed by atoms with Crippen LogP contribution in [0.1, 0.15) is 34.1 Å². The van der Waals surface area contributed by atoms with Gasteiger partial charge >= 0.3 is 0 Å². The summed E-state index contributed by atoms with van der Waals surface area (Å²) in [4.78, 5) is 11.4. The van der Waals surface area contributed by atoms with E-state index >= 15 is 0 Å². The molecule has 0 aromatic carbocycles. The van der Waals surface area contributed by atoms with Gasteiger partial charge in [-0.3, -0.25) is 4.79 Å². The van der Waals surface area contributed by atoms with Crippen LogP contribution in [0.4, 0.5) is 0 Å². The summed E-state index contributed by atoms with van der Waals surface area (Å²) >= 11 is 0. The zero-order valence-electron chi connectivity index (χ0n) is 11.0. The van der Waals surface area contributed by atoms with E-state index in [9.17, 15) is 4.79 Å². The van der Waals surface area contributed by atoms with E-state index in [1.165, 1.54) is 0 Å². The first-order chi connectivity index (χ1) is 7.47. The zero-order chi connectivity index (χ0) is 12.6. The molecule has 3 nitrogen and oxygen atoms in total. The molecular weight excluding hydrogens is 200 g/mol. The van der Waals surface area contributed by atoms with Crippen molar-refractivity contribution in [3.63, 3.8) is 0 Å². The maximum Gasteiger partial charge on any atom is 0.233 e. The summed E-state index contributed by atoms with van der Waals surface area (Å²) in [5, 5.41) is 6.12. The standard InChI is InChI=1S/C13H26N2O/c1-6-7-11(4)12(5)14-9-13(16)15-8-10(2)3/h6,10-12,14H,1,7-9H2,2-5H3,(H,15,16)/t11-,12-/m0/s1. The average molecular weight is 226 g/mol. The van der Waals surface area contributed by atoms with Crippen LogP contribution in [0.15, 0.2) is 12.7 Å². The Morgan fingerprint density at radius 3 is 2.44 bits per heavy atom. The molecule has 94 valence electrons. The van der Waals surface area contributed by atoms with Crippen LogP contribution >= 0.6 is 0 Å². The van der Waals surface area contributed by atoms with Gasteiger partial charge < -0.3 is 10.6 Å². The summed E-state index contributed by atoms with van der Waals surface area (Å²) in [6.45, 7) is 13.3. The summed E-state index contributed by atoms with van der Waals surface area (Å²) in [5.74, 6) is 1.09. The van der Waals surface area contributed by atoms with E-state index in [0.717, 1.165) is 13.0 Å². The summed E-state index contributed by atoms with van der Waals surface area (Å²) in [7, 11) is 0. The Labute approximate surface area is 99.7 Å². The van der Waals surface area contributed by atoms with Crippen LogP contribution in [-0.4, -0.2) is 25.0 Å².